The first-order valence-electron chi connectivity index (χ1n) is 8.24. The van der Waals surface area contributed by atoms with Gasteiger partial charge in [-0.2, -0.15) is 0 Å². The first-order valence-corrected chi connectivity index (χ1v) is 8.24. The molecular formula is C15H30N6O4. The van der Waals surface area contributed by atoms with Crippen LogP contribution < -0.4 is 27.8 Å². The van der Waals surface area contributed by atoms with Crippen LogP contribution in [0.4, 0.5) is 0 Å². The summed E-state index contributed by atoms with van der Waals surface area (Å²) in [6.07, 6.45) is 1.17. The Morgan fingerprint density at radius 1 is 1.12 bits per heavy atom. The van der Waals surface area contributed by atoms with Crippen LogP contribution in [0.15, 0.2) is 4.99 Å². The predicted molar refractivity (Wildman–Crippen MR) is 94.5 cm³/mol. The molecule has 0 heterocycles. The third kappa shape index (κ3) is 8.89. The third-order valence-corrected chi connectivity index (χ3v) is 3.77. The monoisotopic (exact) mass is 358 g/mol. The molecule has 0 aliphatic carbocycles. The van der Waals surface area contributed by atoms with E-state index < -0.39 is 35.9 Å². The molecule has 0 aromatic carbocycles. The van der Waals surface area contributed by atoms with Crippen LogP contribution in [-0.4, -0.2) is 53.5 Å². The van der Waals surface area contributed by atoms with Crippen molar-refractivity contribution in [2.24, 2.45) is 28.1 Å². The Bertz CT molecular complexity index is 490. The number of aliphatic carboxylic acids is 1. The highest BCUT2D eigenvalue weighted by Gasteiger charge is 2.30. The first-order chi connectivity index (χ1) is 11.6. The van der Waals surface area contributed by atoms with Crippen molar-refractivity contribution < 1.29 is 19.5 Å². The lowest BCUT2D eigenvalue weighted by Gasteiger charge is -2.26. The van der Waals surface area contributed by atoms with Gasteiger partial charge in [0.05, 0.1) is 6.04 Å². The number of carboxylic acids is 1. The van der Waals surface area contributed by atoms with Gasteiger partial charge in [0.2, 0.25) is 11.8 Å². The molecule has 0 bridgehead atoms. The highest BCUT2D eigenvalue weighted by Crippen LogP contribution is 2.09. The van der Waals surface area contributed by atoms with E-state index in [4.69, 9.17) is 17.2 Å². The van der Waals surface area contributed by atoms with Crippen molar-refractivity contribution in [1.29, 1.82) is 0 Å². The average molecular weight is 358 g/mol. The van der Waals surface area contributed by atoms with Gasteiger partial charge < -0.3 is 32.9 Å². The second-order valence-corrected chi connectivity index (χ2v) is 6.01. The smallest absolute Gasteiger partial charge is 0.326 e. The van der Waals surface area contributed by atoms with E-state index in [-0.39, 0.29) is 24.8 Å². The van der Waals surface area contributed by atoms with Crippen LogP contribution in [0.1, 0.15) is 40.0 Å². The number of nitrogens with two attached hydrogens (primary N) is 3. The maximum Gasteiger partial charge on any atom is 0.326 e. The van der Waals surface area contributed by atoms with Gasteiger partial charge in [0, 0.05) is 6.54 Å². The summed E-state index contributed by atoms with van der Waals surface area (Å²) in [5.74, 6) is -2.46. The van der Waals surface area contributed by atoms with Crippen LogP contribution in [0, 0.1) is 5.92 Å². The molecule has 10 nitrogen and oxygen atoms in total. The molecule has 144 valence electrons. The second-order valence-electron chi connectivity index (χ2n) is 6.01. The van der Waals surface area contributed by atoms with Gasteiger partial charge in [-0.1, -0.05) is 20.3 Å². The molecular weight excluding hydrogens is 328 g/mol. The third-order valence-electron chi connectivity index (χ3n) is 3.77. The van der Waals surface area contributed by atoms with Crippen LogP contribution in [0.25, 0.3) is 0 Å². The van der Waals surface area contributed by atoms with Crippen molar-refractivity contribution in [3.63, 3.8) is 0 Å². The van der Waals surface area contributed by atoms with Crippen molar-refractivity contribution in [1.82, 2.24) is 10.6 Å². The first kappa shape index (κ1) is 22.6. The van der Waals surface area contributed by atoms with Crippen molar-refractivity contribution in [3.05, 3.63) is 0 Å². The molecule has 2 amide bonds. The van der Waals surface area contributed by atoms with Gasteiger partial charge in [0.1, 0.15) is 12.1 Å². The second kappa shape index (κ2) is 11.2. The molecule has 0 rings (SSSR count). The zero-order valence-corrected chi connectivity index (χ0v) is 15.0. The van der Waals surface area contributed by atoms with Crippen molar-refractivity contribution in [2.75, 3.05) is 6.54 Å². The maximum absolute atomic E-state index is 12.5. The number of carbonyl (C=O) groups excluding carboxylic acids is 2. The summed E-state index contributed by atoms with van der Waals surface area (Å²) in [7, 11) is 0. The molecule has 0 aliphatic rings. The summed E-state index contributed by atoms with van der Waals surface area (Å²) >= 11 is 0. The topological polar surface area (TPSA) is 186 Å². The van der Waals surface area contributed by atoms with Gasteiger partial charge in [-0.3, -0.25) is 14.6 Å². The van der Waals surface area contributed by atoms with Crippen LogP contribution in [0.2, 0.25) is 0 Å². The SMILES string of the molecule is CCC(C)C(NC(=O)C(C)N)C(=O)NC(CCCN=C(N)N)C(=O)O. The summed E-state index contributed by atoms with van der Waals surface area (Å²) in [4.78, 5) is 39.4. The van der Waals surface area contributed by atoms with Crippen LogP contribution in [0.3, 0.4) is 0 Å². The number of carboxylic acid groups (broad SMARTS) is 1. The zero-order valence-electron chi connectivity index (χ0n) is 15.0. The minimum absolute atomic E-state index is 0.0774. The molecule has 0 saturated heterocycles. The van der Waals surface area contributed by atoms with E-state index in [1.54, 1.807) is 6.92 Å². The Morgan fingerprint density at radius 3 is 2.16 bits per heavy atom. The molecule has 0 aromatic heterocycles. The van der Waals surface area contributed by atoms with Gasteiger partial charge in [-0.15, -0.1) is 0 Å². The molecule has 25 heavy (non-hydrogen) atoms. The highest BCUT2D eigenvalue weighted by molar-refractivity contribution is 5.91. The molecule has 4 unspecified atom stereocenters. The number of hydrogen-bond acceptors (Lipinski definition) is 5. The molecule has 0 aliphatic heterocycles. The quantitative estimate of drug-likeness (QED) is 0.147. The van der Waals surface area contributed by atoms with Crippen LogP contribution >= 0.6 is 0 Å². The summed E-state index contributed by atoms with van der Waals surface area (Å²) in [5.41, 5.74) is 15.9. The molecule has 0 radical (unpaired) electrons. The van der Waals surface area contributed by atoms with Gasteiger partial charge in [0.25, 0.3) is 0 Å². The molecule has 4 atom stereocenters. The molecule has 0 aromatic rings. The van der Waals surface area contributed by atoms with Gasteiger partial charge >= 0.3 is 5.97 Å². The Hall–Kier alpha value is -2.36. The van der Waals surface area contributed by atoms with E-state index >= 15 is 0 Å². The van der Waals surface area contributed by atoms with E-state index in [0.717, 1.165) is 0 Å². The maximum atomic E-state index is 12.5. The van der Waals surface area contributed by atoms with E-state index in [9.17, 15) is 19.5 Å². The number of aliphatic imine (C=N–C) groups is 1. The van der Waals surface area contributed by atoms with Crippen LogP contribution in [0.5, 0.6) is 0 Å². The van der Waals surface area contributed by atoms with Crippen LogP contribution in [-0.2, 0) is 14.4 Å². The van der Waals surface area contributed by atoms with E-state index in [1.165, 1.54) is 6.92 Å². The Balaban J connectivity index is 4.92. The fraction of sp³-hybridized carbons (Fsp3) is 0.733. The number of nitrogens with one attached hydrogen (secondary N) is 2. The summed E-state index contributed by atoms with van der Waals surface area (Å²) in [5, 5.41) is 14.3. The standard InChI is InChI=1S/C15H30N6O4/c1-4-8(2)11(21-12(22)9(3)16)13(23)20-10(14(24)25)6-5-7-19-15(17)18/h8-11H,4-7,16H2,1-3H3,(H,20,23)(H,21,22)(H,24,25)(H4,17,18,19). The van der Waals surface area contributed by atoms with Gasteiger partial charge in [-0.25, -0.2) is 4.79 Å². The summed E-state index contributed by atoms with van der Waals surface area (Å²) < 4.78 is 0. The Labute approximate surface area is 147 Å². The number of guanidine groups is 1. The van der Waals surface area contributed by atoms with Crippen molar-refractivity contribution in [2.45, 2.75) is 58.2 Å². The lowest BCUT2D eigenvalue weighted by Crippen LogP contribution is -2.56. The molecule has 9 N–H and O–H groups in total. The van der Waals surface area contributed by atoms with E-state index in [1.807, 2.05) is 6.92 Å². The van der Waals surface area contributed by atoms with E-state index in [0.29, 0.717) is 12.8 Å². The normalized spacial score (nSPS) is 15.4. The fourth-order valence-electron chi connectivity index (χ4n) is 2.01. The van der Waals surface area contributed by atoms with Gasteiger partial charge in [0.15, 0.2) is 5.96 Å². The van der Waals surface area contributed by atoms with E-state index in [2.05, 4.69) is 15.6 Å². The average Bonchev–Trinajstić information content (AvgIpc) is 2.53. The summed E-state index contributed by atoms with van der Waals surface area (Å²) in [6.45, 7) is 5.43. The minimum atomic E-state index is -1.17. The molecule has 0 fully saturated rings. The Kier molecular flexibility index (Phi) is 10.2. The number of nitrogens with zero attached hydrogens (tertiary/aromatic N) is 1. The Morgan fingerprint density at radius 2 is 1.72 bits per heavy atom. The number of carbonyl (C=O) groups is 3. The van der Waals surface area contributed by atoms with Gasteiger partial charge in [-0.05, 0) is 25.7 Å². The lowest BCUT2D eigenvalue weighted by atomic mass is 9.97. The molecule has 0 saturated carbocycles. The van der Waals surface area contributed by atoms with Crippen molar-refractivity contribution >= 4 is 23.7 Å². The minimum Gasteiger partial charge on any atom is -0.480 e. The highest BCUT2D eigenvalue weighted by atomic mass is 16.4. The predicted octanol–water partition coefficient (Wildman–Crippen LogP) is -1.51. The molecule has 0 spiro atoms. The number of amides is 2. The number of hydrogen-bond donors (Lipinski definition) is 6. The lowest BCUT2D eigenvalue weighted by molar-refractivity contribution is -0.142. The fourth-order valence-corrected chi connectivity index (χ4v) is 2.01. The molecule has 10 heteroatoms. The van der Waals surface area contributed by atoms with Crippen molar-refractivity contribution in [3.8, 4) is 0 Å². The summed E-state index contributed by atoms with van der Waals surface area (Å²) in [6, 6.07) is -2.72. The largest absolute Gasteiger partial charge is 0.480 e. The number of rotatable bonds is 11. The zero-order chi connectivity index (χ0) is 19.6.